The van der Waals surface area contributed by atoms with Gasteiger partial charge in [-0.25, -0.2) is 0 Å². The molecule has 0 spiro atoms. The van der Waals surface area contributed by atoms with Gasteiger partial charge in [0.25, 0.3) is 0 Å². The number of carboxylic acid groups (broad SMARTS) is 3. The van der Waals surface area contributed by atoms with Gasteiger partial charge in [0, 0.05) is 13.1 Å². The van der Waals surface area contributed by atoms with Crippen LogP contribution in [0, 0.1) is 5.92 Å². The fraction of sp³-hybridized carbons (Fsp3) is 0.800. The van der Waals surface area contributed by atoms with Crippen LogP contribution in [0.5, 0.6) is 0 Å². The average Bonchev–Trinajstić information content (AvgIpc) is 2.54. The smallest absolute Gasteiger partial charge is 0.317 e. The van der Waals surface area contributed by atoms with Crippen molar-refractivity contribution in [2.24, 2.45) is 5.92 Å². The molecule has 2 aliphatic rings. The van der Waals surface area contributed by atoms with Gasteiger partial charge in [0.1, 0.15) is 6.23 Å². The summed E-state index contributed by atoms with van der Waals surface area (Å²) in [5, 5.41) is 55.8. The topological polar surface area (TPSA) is 198 Å². The Morgan fingerprint density at radius 1 is 0.778 bits per heavy atom. The highest BCUT2D eigenvalue weighted by Crippen LogP contribution is 2.39. The molecular formula is C15H25N3O9. The third kappa shape index (κ3) is 5.34. The van der Waals surface area contributed by atoms with Gasteiger partial charge in [-0.1, -0.05) is 0 Å². The molecule has 1 heterocycles. The van der Waals surface area contributed by atoms with Gasteiger partial charge < -0.3 is 35.6 Å². The van der Waals surface area contributed by atoms with E-state index >= 15 is 0 Å². The quantitative estimate of drug-likeness (QED) is 0.174. The molecule has 1 saturated carbocycles. The van der Waals surface area contributed by atoms with Gasteiger partial charge in [-0.15, -0.1) is 0 Å². The number of aliphatic carboxylic acids is 3. The number of hydrogen-bond acceptors (Lipinski definition) is 9. The molecule has 0 aromatic rings. The Balaban J connectivity index is 2.04. The molecule has 1 saturated heterocycles. The highest BCUT2D eigenvalue weighted by Gasteiger charge is 2.59. The number of ether oxygens (including phenoxy) is 1. The van der Waals surface area contributed by atoms with Gasteiger partial charge >= 0.3 is 17.9 Å². The molecule has 8 N–H and O–H groups in total. The van der Waals surface area contributed by atoms with E-state index in [1.165, 1.54) is 0 Å². The van der Waals surface area contributed by atoms with Crippen molar-refractivity contribution in [2.75, 3.05) is 19.6 Å². The zero-order valence-electron chi connectivity index (χ0n) is 14.4. The Labute approximate surface area is 154 Å². The third-order valence-electron chi connectivity index (χ3n) is 4.78. The highest BCUT2D eigenvalue weighted by molar-refractivity contribution is 5.69. The number of carboxylic acids is 3. The van der Waals surface area contributed by atoms with E-state index in [9.17, 15) is 24.6 Å². The van der Waals surface area contributed by atoms with E-state index in [0.29, 0.717) is 0 Å². The van der Waals surface area contributed by atoms with Crippen LogP contribution in [0.15, 0.2) is 0 Å². The van der Waals surface area contributed by atoms with E-state index in [1.807, 2.05) is 0 Å². The normalized spacial score (nSPS) is 35.1. The maximum atomic E-state index is 10.8. The van der Waals surface area contributed by atoms with E-state index < -0.39 is 67.0 Å². The van der Waals surface area contributed by atoms with E-state index in [1.54, 1.807) is 0 Å². The number of aliphatic hydroxyl groups excluding tert-OH is 2. The molecule has 1 aliphatic carbocycles. The second kappa shape index (κ2) is 9.39. The van der Waals surface area contributed by atoms with Gasteiger partial charge in [-0.3, -0.25) is 25.0 Å². The lowest BCUT2D eigenvalue weighted by atomic mass is 9.71. The lowest BCUT2D eigenvalue weighted by Crippen LogP contribution is -2.78. The molecule has 154 valence electrons. The van der Waals surface area contributed by atoms with E-state index in [-0.39, 0.29) is 25.9 Å². The van der Waals surface area contributed by atoms with Crippen LogP contribution in [-0.4, -0.2) is 99.7 Å². The Hall–Kier alpha value is -1.83. The van der Waals surface area contributed by atoms with Crippen molar-refractivity contribution in [3.05, 3.63) is 0 Å². The lowest BCUT2D eigenvalue weighted by molar-refractivity contribution is -0.276. The lowest BCUT2D eigenvalue weighted by Gasteiger charge is -2.57. The highest BCUT2D eigenvalue weighted by atomic mass is 16.5. The Morgan fingerprint density at radius 3 is 1.93 bits per heavy atom. The maximum absolute atomic E-state index is 10.8. The van der Waals surface area contributed by atoms with Crippen molar-refractivity contribution in [1.82, 2.24) is 16.0 Å². The van der Waals surface area contributed by atoms with Crippen LogP contribution in [0.1, 0.15) is 12.8 Å². The molecule has 0 bridgehead atoms. The first-order chi connectivity index (χ1) is 12.7. The van der Waals surface area contributed by atoms with Gasteiger partial charge in [0.15, 0.2) is 0 Å². The van der Waals surface area contributed by atoms with Crippen molar-refractivity contribution in [3.8, 4) is 0 Å². The Bertz CT molecular complexity index is 561. The van der Waals surface area contributed by atoms with Crippen molar-refractivity contribution >= 4 is 17.9 Å². The molecule has 0 amide bonds. The summed E-state index contributed by atoms with van der Waals surface area (Å²) in [5.74, 6) is -3.69. The number of aliphatic hydroxyl groups is 2. The van der Waals surface area contributed by atoms with Crippen LogP contribution < -0.4 is 16.0 Å². The fourth-order valence-electron chi connectivity index (χ4n) is 3.52. The van der Waals surface area contributed by atoms with Crippen LogP contribution >= 0.6 is 0 Å². The van der Waals surface area contributed by atoms with Crippen molar-refractivity contribution in [3.63, 3.8) is 0 Å². The molecule has 7 unspecified atom stereocenters. The minimum Gasteiger partial charge on any atom is -0.481 e. The predicted molar refractivity (Wildman–Crippen MR) is 87.9 cm³/mol. The molecule has 12 heteroatoms. The zero-order valence-corrected chi connectivity index (χ0v) is 14.4. The molecule has 7 atom stereocenters. The van der Waals surface area contributed by atoms with Crippen LogP contribution in [0.3, 0.4) is 0 Å². The number of fused-ring (bicyclic) bond motifs is 1. The molecule has 0 aromatic carbocycles. The number of hydrogen-bond donors (Lipinski definition) is 8. The first-order valence-corrected chi connectivity index (χ1v) is 8.59. The molecule has 2 rings (SSSR count). The zero-order chi connectivity index (χ0) is 20.1. The number of carbonyl (C=O) groups is 3. The van der Waals surface area contributed by atoms with E-state index in [2.05, 4.69) is 16.0 Å². The molecule has 0 aromatic heterocycles. The summed E-state index contributed by atoms with van der Waals surface area (Å²) in [4.78, 5) is 32.1. The first kappa shape index (κ1) is 21.5. The number of nitrogens with one attached hydrogen (secondary N) is 3. The minimum absolute atomic E-state index is 0.00905. The van der Waals surface area contributed by atoms with Crippen molar-refractivity contribution in [1.29, 1.82) is 0 Å². The first-order valence-electron chi connectivity index (χ1n) is 8.59. The summed E-state index contributed by atoms with van der Waals surface area (Å²) < 4.78 is 5.60. The van der Waals surface area contributed by atoms with Crippen LogP contribution in [0.4, 0.5) is 0 Å². The molecule has 27 heavy (non-hydrogen) atoms. The molecule has 0 radical (unpaired) electrons. The van der Waals surface area contributed by atoms with Gasteiger partial charge in [-0.05, 0) is 0 Å². The van der Waals surface area contributed by atoms with Gasteiger partial charge in [-0.2, -0.15) is 0 Å². The Morgan fingerprint density at radius 2 is 1.37 bits per heavy atom. The summed E-state index contributed by atoms with van der Waals surface area (Å²) in [6, 6.07) is -1.70. The van der Waals surface area contributed by atoms with Gasteiger partial charge in [0.05, 0.1) is 55.7 Å². The van der Waals surface area contributed by atoms with Crippen LogP contribution in [0.25, 0.3) is 0 Å². The molecule has 1 aliphatic heterocycles. The Kier molecular flexibility index (Phi) is 7.47. The molecule has 2 fully saturated rings. The predicted octanol–water partition coefficient (Wildman–Crippen LogP) is -3.40. The molecular weight excluding hydrogens is 366 g/mol. The minimum atomic E-state index is -1.21. The average molecular weight is 391 g/mol. The van der Waals surface area contributed by atoms with Gasteiger partial charge in [0.2, 0.25) is 0 Å². The van der Waals surface area contributed by atoms with E-state index in [4.69, 9.17) is 20.1 Å². The standard InChI is InChI=1S/C15H25N3O9/c19-6(20)1-3-16-10-12(25)9-14(11(13(10)26)18-5-8(23)24)27-15(9)17-4-2-7(21)22/h9-18,25-26H,1-5H2,(H,19,20)(H,21,22)(H,23,24). The maximum Gasteiger partial charge on any atom is 0.317 e. The SMILES string of the molecule is O=C(O)CCNC1OC2C(NCC(=O)O)C(O)C(NCCC(=O)O)C(O)C12. The summed E-state index contributed by atoms with van der Waals surface area (Å²) in [6.45, 7) is -0.304. The molecule has 12 nitrogen and oxygen atoms in total. The summed E-state index contributed by atoms with van der Waals surface area (Å²) >= 11 is 0. The fourth-order valence-corrected chi connectivity index (χ4v) is 3.52. The van der Waals surface area contributed by atoms with Crippen molar-refractivity contribution in [2.45, 2.75) is 49.5 Å². The second-order valence-electron chi connectivity index (χ2n) is 6.60. The summed E-state index contributed by atoms with van der Waals surface area (Å²) in [6.07, 6.45) is -4.00. The van der Waals surface area contributed by atoms with Crippen molar-refractivity contribution < 1.29 is 44.7 Å². The number of rotatable bonds is 11. The monoisotopic (exact) mass is 391 g/mol. The van der Waals surface area contributed by atoms with Crippen LogP contribution in [-0.2, 0) is 19.1 Å². The third-order valence-corrected chi connectivity index (χ3v) is 4.78. The van der Waals surface area contributed by atoms with Crippen LogP contribution in [0.2, 0.25) is 0 Å². The van der Waals surface area contributed by atoms with E-state index in [0.717, 1.165) is 0 Å². The second-order valence-corrected chi connectivity index (χ2v) is 6.60. The summed E-state index contributed by atoms with van der Waals surface area (Å²) in [7, 11) is 0. The largest absolute Gasteiger partial charge is 0.481 e. The summed E-state index contributed by atoms with van der Waals surface area (Å²) in [5.41, 5.74) is 0.